The minimum absolute atomic E-state index is 0.120. The molecule has 0 spiro atoms. The van der Waals surface area contributed by atoms with Crippen molar-refractivity contribution in [2.24, 2.45) is 0 Å². The van der Waals surface area contributed by atoms with Gasteiger partial charge in [0.1, 0.15) is 5.82 Å². The van der Waals surface area contributed by atoms with Crippen LogP contribution in [-0.2, 0) is 0 Å². The summed E-state index contributed by atoms with van der Waals surface area (Å²) in [5, 5.41) is 10.2. The number of rotatable bonds is 3. The fourth-order valence-electron chi connectivity index (χ4n) is 4.37. The number of fused-ring (bicyclic) bond motifs is 1. The van der Waals surface area contributed by atoms with E-state index in [-0.39, 0.29) is 17.6 Å². The van der Waals surface area contributed by atoms with Gasteiger partial charge in [-0.15, -0.1) is 0 Å². The topological polar surface area (TPSA) is 91.6 Å². The minimum atomic E-state index is -0.930. The van der Waals surface area contributed by atoms with E-state index < -0.39 is 6.09 Å². The molecule has 1 N–H and O–H groups in total. The first-order valence-corrected chi connectivity index (χ1v) is 12.6. The van der Waals surface area contributed by atoms with Crippen LogP contribution in [-0.4, -0.2) is 56.3 Å². The Balaban J connectivity index is 1.99. The number of benzene rings is 1. The smallest absolute Gasteiger partial charge is 0.407 e. The molecule has 1 unspecified atom stereocenters. The molecule has 33 heavy (non-hydrogen) atoms. The second kappa shape index (κ2) is 9.21. The first-order chi connectivity index (χ1) is 15.6. The summed E-state index contributed by atoms with van der Waals surface area (Å²) < 4.78 is 3.55. The zero-order chi connectivity index (χ0) is 24.0. The number of aromatic nitrogens is 3. The summed E-state index contributed by atoms with van der Waals surface area (Å²) in [7, 11) is 0. The summed E-state index contributed by atoms with van der Waals surface area (Å²) in [6.07, 6.45) is 0.841. The molecule has 174 valence electrons. The third-order valence-corrected chi connectivity index (χ3v) is 8.30. The van der Waals surface area contributed by atoms with Gasteiger partial charge in [0.25, 0.3) is 0 Å². The summed E-state index contributed by atoms with van der Waals surface area (Å²) in [6, 6.07) is 5.77. The van der Waals surface area contributed by atoms with Crippen molar-refractivity contribution in [1.29, 1.82) is 0 Å². The number of hydrogen-bond acceptors (Lipinski definition) is 5. The van der Waals surface area contributed by atoms with Crippen LogP contribution in [0, 0.1) is 10.5 Å². The molecule has 10 heteroatoms. The van der Waals surface area contributed by atoms with E-state index in [0.29, 0.717) is 25.5 Å². The van der Waals surface area contributed by atoms with Gasteiger partial charge in [0, 0.05) is 45.3 Å². The average molecular weight is 626 g/mol. The number of amides is 1. The third kappa shape index (κ3) is 4.34. The summed E-state index contributed by atoms with van der Waals surface area (Å²) in [5.41, 5.74) is 2.94. The molecule has 1 saturated heterocycles. The van der Waals surface area contributed by atoms with Crippen LogP contribution in [0.3, 0.4) is 0 Å². The van der Waals surface area contributed by atoms with Crippen molar-refractivity contribution in [3.05, 3.63) is 54.2 Å². The zero-order valence-electron chi connectivity index (χ0n) is 18.8. The van der Waals surface area contributed by atoms with Crippen molar-refractivity contribution >= 4 is 61.3 Å². The van der Waals surface area contributed by atoms with Gasteiger partial charge in [0.15, 0.2) is 0 Å². The van der Waals surface area contributed by atoms with Crippen molar-refractivity contribution in [1.82, 2.24) is 19.4 Å². The van der Waals surface area contributed by atoms with E-state index in [1.807, 2.05) is 36.9 Å². The number of anilines is 1. The van der Waals surface area contributed by atoms with Crippen LogP contribution in [0.2, 0.25) is 0 Å². The van der Waals surface area contributed by atoms with Crippen LogP contribution in [0.4, 0.5) is 10.6 Å². The van der Waals surface area contributed by atoms with Crippen molar-refractivity contribution in [3.8, 4) is 5.69 Å². The van der Waals surface area contributed by atoms with Crippen LogP contribution >= 0.6 is 38.5 Å². The maximum atomic E-state index is 13.6. The molecule has 1 aliphatic heterocycles. The highest BCUT2D eigenvalue weighted by Gasteiger charge is 2.30. The lowest BCUT2D eigenvalue weighted by Gasteiger charge is -2.39. The molecule has 4 rings (SSSR count). The zero-order valence-corrected chi connectivity index (χ0v) is 22.6. The molecule has 1 aromatic carbocycles. The molecular formula is C23H25BrIN5O3. The maximum Gasteiger partial charge on any atom is 0.407 e. The second-order valence-electron chi connectivity index (χ2n) is 8.62. The van der Waals surface area contributed by atoms with Crippen LogP contribution in [0.15, 0.2) is 33.7 Å². The lowest BCUT2D eigenvalue weighted by molar-refractivity contribution is 0.136. The lowest BCUT2D eigenvalue weighted by Crippen LogP contribution is -2.54. The predicted octanol–water partition coefficient (Wildman–Crippen LogP) is 4.77. The molecule has 3 aromatic rings. The van der Waals surface area contributed by atoms with Gasteiger partial charge in [-0.05, 0) is 82.0 Å². The Morgan fingerprint density at radius 3 is 2.67 bits per heavy atom. The van der Waals surface area contributed by atoms with E-state index in [4.69, 9.17) is 0 Å². The van der Waals surface area contributed by atoms with Crippen LogP contribution < -0.4 is 10.6 Å². The first kappa shape index (κ1) is 23.9. The molecule has 0 saturated carbocycles. The average Bonchev–Trinajstić information content (AvgIpc) is 2.75. The van der Waals surface area contributed by atoms with Crippen molar-refractivity contribution in [2.75, 3.05) is 24.5 Å². The fourth-order valence-corrected chi connectivity index (χ4v) is 5.16. The van der Waals surface area contributed by atoms with Gasteiger partial charge >= 0.3 is 11.8 Å². The maximum absolute atomic E-state index is 13.6. The number of pyridine rings is 1. The number of halogens is 2. The quantitative estimate of drug-likeness (QED) is 0.422. The molecule has 1 atom stereocenters. The minimum Gasteiger partial charge on any atom is -0.465 e. The number of carboxylic acid groups (broad SMARTS) is 1. The normalized spacial score (nSPS) is 16.6. The predicted molar refractivity (Wildman–Crippen MR) is 141 cm³/mol. The van der Waals surface area contributed by atoms with E-state index in [1.54, 1.807) is 10.8 Å². The first-order valence-electron chi connectivity index (χ1n) is 10.7. The van der Waals surface area contributed by atoms with E-state index in [2.05, 4.69) is 62.3 Å². The lowest BCUT2D eigenvalue weighted by atomic mass is 10.0. The molecule has 0 bridgehead atoms. The second-order valence-corrected chi connectivity index (χ2v) is 10.6. The Morgan fingerprint density at radius 2 is 2.03 bits per heavy atom. The van der Waals surface area contributed by atoms with E-state index >= 15 is 0 Å². The molecule has 1 amide bonds. The summed E-state index contributed by atoms with van der Waals surface area (Å²) in [6.45, 7) is 9.23. The molecule has 0 radical (unpaired) electrons. The van der Waals surface area contributed by atoms with Gasteiger partial charge < -0.3 is 14.9 Å². The van der Waals surface area contributed by atoms with Crippen molar-refractivity contribution in [2.45, 2.75) is 39.7 Å². The fraction of sp³-hybridized carbons (Fsp3) is 0.391. The Bertz CT molecular complexity index is 1310. The molecular weight excluding hydrogens is 601 g/mol. The SMILES string of the molecule is Cc1ccnc(C(C)C)c1-n1c(=O)nc(N2CCN(C(=O)O)CC2C)c2cc(Br)c(I)cc21. The van der Waals surface area contributed by atoms with Gasteiger partial charge in [0.05, 0.1) is 16.9 Å². The number of aryl methyl sites for hydroxylation is 1. The van der Waals surface area contributed by atoms with Gasteiger partial charge in [0.2, 0.25) is 0 Å². The molecule has 3 heterocycles. The molecule has 1 aliphatic rings. The highest BCUT2D eigenvalue weighted by molar-refractivity contribution is 14.1. The van der Waals surface area contributed by atoms with Crippen LogP contribution in [0.25, 0.3) is 16.6 Å². The summed E-state index contributed by atoms with van der Waals surface area (Å²) in [4.78, 5) is 37.6. The largest absolute Gasteiger partial charge is 0.465 e. The van der Waals surface area contributed by atoms with E-state index in [0.717, 1.165) is 35.9 Å². The Morgan fingerprint density at radius 1 is 1.30 bits per heavy atom. The van der Waals surface area contributed by atoms with Crippen LogP contribution in [0.1, 0.15) is 37.9 Å². The Hall–Kier alpha value is -2.21. The number of nitrogens with zero attached hydrogens (tertiary/aromatic N) is 5. The highest BCUT2D eigenvalue weighted by atomic mass is 127. The number of carbonyl (C=O) groups is 1. The molecule has 2 aromatic heterocycles. The van der Waals surface area contributed by atoms with Crippen LogP contribution in [0.5, 0.6) is 0 Å². The molecule has 0 aliphatic carbocycles. The summed E-state index contributed by atoms with van der Waals surface area (Å²) in [5.74, 6) is 0.702. The van der Waals surface area contributed by atoms with Gasteiger partial charge in [-0.3, -0.25) is 9.55 Å². The summed E-state index contributed by atoms with van der Waals surface area (Å²) >= 11 is 5.88. The van der Waals surface area contributed by atoms with E-state index in [9.17, 15) is 14.7 Å². The highest BCUT2D eigenvalue weighted by Crippen LogP contribution is 2.34. The van der Waals surface area contributed by atoms with E-state index in [1.165, 1.54) is 4.90 Å². The van der Waals surface area contributed by atoms with Gasteiger partial charge in [-0.1, -0.05) is 13.8 Å². The Kier molecular flexibility index (Phi) is 6.68. The standard InChI is InChI=1S/C23H25BrIN5O3/c1-12(2)19-20(13(3)5-6-26-19)30-18-10-17(25)16(24)9-15(18)21(27-22(30)31)29-8-7-28(23(32)33)11-14(29)4/h5-6,9-10,12,14H,7-8,11H2,1-4H3,(H,32,33). The molecule has 8 nitrogen and oxygen atoms in total. The third-order valence-electron chi connectivity index (χ3n) is 6.01. The van der Waals surface area contributed by atoms with Crippen molar-refractivity contribution in [3.63, 3.8) is 0 Å². The Labute approximate surface area is 213 Å². The van der Waals surface area contributed by atoms with Gasteiger partial charge in [-0.25, -0.2) is 9.59 Å². The number of hydrogen-bond donors (Lipinski definition) is 1. The number of piperazine rings is 1. The monoisotopic (exact) mass is 625 g/mol. The molecule has 1 fully saturated rings. The van der Waals surface area contributed by atoms with Gasteiger partial charge in [-0.2, -0.15) is 4.98 Å². The van der Waals surface area contributed by atoms with Crippen molar-refractivity contribution < 1.29 is 9.90 Å².